The molecule has 2 aliphatic heterocycles. The first-order valence-corrected chi connectivity index (χ1v) is 10.8. The molecule has 2 aliphatic rings. The zero-order valence-electron chi connectivity index (χ0n) is 17.9. The van der Waals surface area contributed by atoms with Crippen LogP contribution in [-0.2, 0) is 11.3 Å². The summed E-state index contributed by atoms with van der Waals surface area (Å²) in [5.74, 6) is -0.117. The maximum absolute atomic E-state index is 13.7. The van der Waals surface area contributed by atoms with Crippen LogP contribution in [0.15, 0.2) is 54.7 Å². The van der Waals surface area contributed by atoms with Crippen LogP contribution in [0.5, 0.6) is 5.75 Å². The number of rotatable bonds is 2. The summed E-state index contributed by atoms with van der Waals surface area (Å²) in [5.41, 5.74) is 4.41. The molecule has 3 amide bonds. The molecule has 1 atom stereocenters. The maximum Gasteiger partial charge on any atom is 0.321 e. The number of carbonyl (C=O) groups is 2. The lowest BCUT2D eigenvalue weighted by atomic mass is 10.0. The van der Waals surface area contributed by atoms with Crippen molar-refractivity contribution in [2.75, 3.05) is 32.9 Å². The van der Waals surface area contributed by atoms with Gasteiger partial charge in [-0.1, -0.05) is 30.3 Å². The maximum atomic E-state index is 13.7. The van der Waals surface area contributed by atoms with E-state index in [0.717, 1.165) is 22.0 Å². The summed E-state index contributed by atoms with van der Waals surface area (Å²) in [6, 6.07) is 14.3. The Kier molecular flexibility index (Phi) is 5.80. The summed E-state index contributed by atoms with van der Waals surface area (Å²) >= 11 is 0. The van der Waals surface area contributed by atoms with Gasteiger partial charge in [0.15, 0.2) is 0 Å². The van der Waals surface area contributed by atoms with Gasteiger partial charge >= 0.3 is 6.03 Å². The minimum absolute atomic E-state index is 0.0927. The molecule has 2 aromatic carbocycles. The standard InChI is InChI=1S/C24H24N4O5/c29-23(26-31)17-6-7-18-14-28(24(30)27-9-11-32-12-10-27)20(15-33-21(18)13-17)19-5-1-3-16-4-2-8-25-22(16)19/h1-8,13,20,31H,9-12,14-15H2,(H,26,29). The van der Waals surface area contributed by atoms with Gasteiger partial charge in [-0.3, -0.25) is 15.0 Å². The fourth-order valence-electron chi connectivity index (χ4n) is 4.37. The van der Waals surface area contributed by atoms with E-state index in [1.807, 2.05) is 35.2 Å². The average Bonchev–Trinajstić information content (AvgIpc) is 3.07. The largest absolute Gasteiger partial charge is 0.491 e. The van der Waals surface area contributed by atoms with Gasteiger partial charge in [-0.05, 0) is 18.2 Å². The summed E-state index contributed by atoms with van der Waals surface area (Å²) < 4.78 is 11.6. The molecule has 1 aromatic heterocycles. The summed E-state index contributed by atoms with van der Waals surface area (Å²) in [7, 11) is 0. The van der Waals surface area contributed by atoms with E-state index in [4.69, 9.17) is 14.7 Å². The lowest BCUT2D eigenvalue weighted by molar-refractivity contribution is 0.0363. The van der Waals surface area contributed by atoms with Crippen molar-refractivity contribution < 1.29 is 24.3 Å². The van der Waals surface area contributed by atoms with Crippen LogP contribution < -0.4 is 10.2 Å². The van der Waals surface area contributed by atoms with Crippen LogP contribution in [0.4, 0.5) is 4.79 Å². The average molecular weight is 448 g/mol. The van der Waals surface area contributed by atoms with E-state index in [1.165, 1.54) is 0 Å². The number of amides is 3. The predicted octanol–water partition coefficient (Wildman–Crippen LogP) is 2.74. The lowest BCUT2D eigenvalue weighted by Crippen LogP contribution is -2.49. The molecule has 9 nitrogen and oxygen atoms in total. The number of aromatic nitrogens is 1. The number of carbonyl (C=O) groups excluding carboxylic acids is 2. The van der Waals surface area contributed by atoms with Gasteiger partial charge in [-0.2, -0.15) is 0 Å². The Labute approximate surface area is 190 Å². The molecule has 0 radical (unpaired) electrons. The summed E-state index contributed by atoms with van der Waals surface area (Å²) in [6.07, 6.45) is 1.74. The molecule has 2 N–H and O–H groups in total. The van der Waals surface area contributed by atoms with Crippen LogP contribution in [0.1, 0.15) is 27.5 Å². The van der Waals surface area contributed by atoms with Gasteiger partial charge in [-0.25, -0.2) is 10.3 Å². The van der Waals surface area contributed by atoms with Crippen LogP contribution in [-0.4, -0.2) is 64.8 Å². The Morgan fingerprint density at radius 3 is 2.73 bits per heavy atom. The number of morpholine rings is 1. The van der Waals surface area contributed by atoms with Crippen molar-refractivity contribution in [1.82, 2.24) is 20.3 Å². The molecule has 3 aromatic rings. The van der Waals surface area contributed by atoms with E-state index >= 15 is 0 Å². The molecular weight excluding hydrogens is 424 g/mol. The van der Waals surface area contributed by atoms with Crippen LogP contribution >= 0.6 is 0 Å². The molecule has 0 bridgehead atoms. The summed E-state index contributed by atoms with van der Waals surface area (Å²) in [6.45, 7) is 2.57. The molecule has 1 unspecified atom stereocenters. The van der Waals surface area contributed by atoms with Gasteiger partial charge in [0.2, 0.25) is 0 Å². The third-order valence-corrected chi connectivity index (χ3v) is 6.09. The van der Waals surface area contributed by atoms with Gasteiger partial charge in [0.1, 0.15) is 12.4 Å². The predicted molar refractivity (Wildman–Crippen MR) is 119 cm³/mol. The third kappa shape index (κ3) is 4.08. The highest BCUT2D eigenvalue weighted by atomic mass is 16.5. The number of pyridine rings is 1. The molecular formula is C24H24N4O5. The van der Waals surface area contributed by atoms with Crippen molar-refractivity contribution >= 4 is 22.8 Å². The van der Waals surface area contributed by atoms with Crippen LogP contribution in [0, 0.1) is 0 Å². The molecule has 0 spiro atoms. The van der Waals surface area contributed by atoms with E-state index < -0.39 is 5.91 Å². The number of urea groups is 1. The van der Waals surface area contributed by atoms with Crippen molar-refractivity contribution in [3.63, 3.8) is 0 Å². The zero-order chi connectivity index (χ0) is 22.8. The molecule has 3 heterocycles. The third-order valence-electron chi connectivity index (χ3n) is 6.09. The smallest absolute Gasteiger partial charge is 0.321 e. The molecule has 9 heteroatoms. The van der Waals surface area contributed by atoms with Gasteiger partial charge in [0, 0.05) is 41.4 Å². The van der Waals surface area contributed by atoms with E-state index in [9.17, 15) is 9.59 Å². The second-order valence-electron chi connectivity index (χ2n) is 8.02. The molecule has 33 heavy (non-hydrogen) atoms. The number of benzene rings is 2. The fraction of sp³-hybridized carbons (Fsp3) is 0.292. The van der Waals surface area contributed by atoms with Crippen molar-refractivity contribution in [3.8, 4) is 5.75 Å². The molecule has 5 rings (SSSR count). The number of fused-ring (bicyclic) bond motifs is 2. The minimum atomic E-state index is -0.623. The molecule has 1 fully saturated rings. The highest BCUT2D eigenvalue weighted by molar-refractivity contribution is 5.94. The van der Waals surface area contributed by atoms with Crippen molar-refractivity contribution in [2.24, 2.45) is 0 Å². The highest BCUT2D eigenvalue weighted by Crippen LogP contribution is 2.35. The van der Waals surface area contributed by atoms with Crippen molar-refractivity contribution in [3.05, 3.63) is 71.4 Å². The Morgan fingerprint density at radius 1 is 1.09 bits per heavy atom. The minimum Gasteiger partial charge on any atom is -0.491 e. The number of ether oxygens (including phenoxy) is 2. The van der Waals surface area contributed by atoms with E-state index in [1.54, 1.807) is 34.8 Å². The lowest BCUT2D eigenvalue weighted by Gasteiger charge is -2.36. The first kappa shape index (κ1) is 21.2. The molecule has 0 saturated carbocycles. The Bertz CT molecular complexity index is 1190. The number of nitrogens with zero attached hydrogens (tertiary/aromatic N) is 3. The van der Waals surface area contributed by atoms with Gasteiger partial charge < -0.3 is 19.3 Å². The summed E-state index contributed by atoms with van der Waals surface area (Å²) in [4.78, 5) is 33.8. The first-order valence-electron chi connectivity index (χ1n) is 10.8. The quantitative estimate of drug-likeness (QED) is 0.462. The SMILES string of the molecule is O=C(NO)c1ccc2c(c1)OCC(c1cccc3cccnc13)N(C(=O)N1CCOCC1)C2. The van der Waals surface area contributed by atoms with E-state index in [2.05, 4.69) is 4.98 Å². The first-order chi connectivity index (χ1) is 16.2. The molecule has 1 saturated heterocycles. The number of nitrogens with one attached hydrogen (secondary N) is 1. The normalized spacial score (nSPS) is 18.3. The highest BCUT2D eigenvalue weighted by Gasteiger charge is 2.34. The Hall–Kier alpha value is -3.69. The van der Waals surface area contributed by atoms with Crippen LogP contribution in [0.3, 0.4) is 0 Å². The van der Waals surface area contributed by atoms with Gasteiger partial charge in [-0.15, -0.1) is 0 Å². The van der Waals surface area contributed by atoms with E-state index in [-0.39, 0.29) is 24.2 Å². The topological polar surface area (TPSA) is 104 Å². The van der Waals surface area contributed by atoms with Crippen molar-refractivity contribution in [1.29, 1.82) is 0 Å². The molecule has 170 valence electrons. The van der Waals surface area contributed by atoms with Gasteiger partial charge in [0.05, 0.1) is 31.3 Å². The monoisotopic (exact) mass is 448 g/mol. The fourth-order valence-corrected chi connectivity index (χ4v) is 4.37. The second kappa shape index (κ2) is 9.05. The second-order valence-corrected chi connectivity index (χ2v) is 8.02. The Balaban J connectivity index is 1.57. The van der Waals surface area contributed by atoms with E-state index in [0.29, 0.717) is 38.6 Å². The number of hydroxylamine groups is 1. The number of hydrogen-bond acceptors (Lipinski definition) is 6. The number of para-hydroxylation sites is 1. The number of hydrogen-bond donors (Lipinski definition) is 2. The van der Waals surface area contributed by atoms with Crippen LogP contribution in [0.25, 0.3) is 10.9 Å². The summed E-state index contributed by atoms with van der Waals surface area (Å²) in [5, 5.41) is 9.97. The van der Waals surface area contributed by atoms with Crippen LogP contribution in [0.2, 0.25) is 0 Å². The van der Waals surface area contributed by atoms with Gasteiger partial charge in [0.25, 0.3) is 5.91 Å². The zero-order valence-corrected chi connectivity index (χ0v) is 17.9. The molecule has 0 aliphatic carbocycles. The van der Waals surface area contributed by atoms with Crippen molar-refractivity contribution in [2.45, 2.75) is 12.6 Å². The Morgan fingerprint density at radius 2 is 1.91 bits per heavy atom.